The van der Waals surface area contributed by atoms with E-state index in [1.54, 1.807) is 0 Å². The molecular formula is C13H19NO3. The molecule has 4 heteroatoms. The van der Waals surface area contributed by atoms with Crippen LogP contribution in [0, 0.1) is 10.1 Å². The van der Waals surface area contributed by atoms with Gasteiger partial charge in [0.05, 0.1) is 6.61 Å². The zero-order chi connectivity index (χ0) is 12.7. The van der Waals surface area contributed by atoms with E-state index in [1.165, 1.54) is 0 Å². The largest absolute Gasteiger partial charge is 0.494 e. The van der Waals surface area contributed by atoms with Crippen LogP contribution in [0.3, 0.4) is 0 Å². The van der Waals surface area contributed by atoms with Crippen LogP contribution in [0.25, 0.3) is 0 Å². The van der Waals surface area contributed by atoms with Crippen LogP contribution in [-0.4, -0.2) is 18.1 Å². The third-order valence-corrected chi connectivity index (χ3v) is 2.64. The molecule has 1 unspecified atom stereocenters. The van der Waals surface area contributed by atoms with Crippen LogP contribution in [0.15, 0.2) is 24.3 Å². The summed E-state index contributed by atoms with van der Waals surface area (Å²) in [6.07, 6.45) is 2.15. The van der Waals surface area contributed by atoms with E-state index in [1.807, 2.05) is 31.2 Å². The lowest BCUT2D eigenvalue weighted by atomic mass is 10.0. The highest BCUT2D eigenvalue weighted by Gasteiger charge is 2.11. The van der Waals surface area contributed by atoms with Crippen molar-refractivity contribution in [1.29, 1.82) is 0 Å². The van der Waals surface area contributed by atoms with Gasteiger partial charge in [-0.15, -0.1) is 0 Å². The molecule has 1 aromatic carbocycles. The number of ether oxygens (including phenoxy) is 1. The third-order valence-electron chi connectivity index (χ3n) is 2.64. The Labute approximate surface area is 102 Å². The molecule has 94 valence electrons. The molecule has 0 bridgehead atoms. The third kappa shape index (κ3) is 4.85. The first-order valence-corrected chi connectivity index (χ1v) is 5.98. The van der Waals surface area contributed by atoms with E-state index in [4.69, 9.17) is 4.74 Å². The molecule has 0 saturated carbocycles. The average molecular weight is 237 g/mol. The van der Waals surface area contributed by atoms with Crippen LogP contribution in [-0.2, 0) is 0 Å². The van der Waals surface area contributed by atoms with E-state index in [9.17, 15) is 10.1 Å². The molecule has 0 saturated heterocycles. The molecule has 0 radical (unpaired) electrons. The normalized spacial score (nSPS) is 12.1. The van der Waals surface area contributed by atoms with Gasteiger partial charge in [0.2, 0.25) is 6.54 Å². The van der Waals surface area contributed by atoms with Crippen LogP contribution in [0.2, 0.25) is 0 Å². The molecule has 4 nitrogen and oxygen atoms in total. The molecule has 1 rings (SSSR count). The number of hydrogen-bond donors (Lipinski definition) is 0. The summed E-state index contributed by atoms with van der Waals surface area (Å²) in [6, 6.07) is 7.55. The molecule has 0 aromatic heterocycles. The Morgan fingerprint density at radius 3 is 2.53 bits per heavy atom. The fourth-order valence-electron chi connectivity index (χ4n) is 1.56. The van der Waals surface area contributed by atoms with Crippen molar-refractivity contribution in [3.8, 4) is 5.75 Å². The Bertz CT molecular complexity index is 348. The second-order valence-electron chi connectivity index (χ2n) is 4.19. The molecule has 0 aliphatic heterocycles. The first kappa shape index (κ1) is 13.5. The molecule has 0 aliphatic rings. The van der Waals surface area contributed by atoms with E-state index in [-0.39, 0.29) is 17.4 Å². The molecule has 17 heavy (non-hydrogen) atoms. The van der Waals surface area contributed by atoms with Crippen LogP contribution in [0.5, 0.6) is 5.75 Å². The zero-order valence-electron chi connectivity index (χ0n) is 10.4. The Hall–Kier alpha value is -1.58. The Kier molecular flexibility index (Phi) is 5.46. The lowest BCUT2D eigenvalue weighted by Crippen LogP contribution is -2.09. The van der Waals surface area contributed by atoms with E-state index in [0.29, 0.717) is 0 Å². The maximum absolute atomic E-state index is 10.4. The summed E-state index contributed by atoms with van der Waals surface area (Å²) in [5.74, 6) is 0.769. The maximum Gasteiger partial charge on any atom is 0.210 e. The number of unbranched alkanes of at least 4 members (excludes halogenated alkanes) is 1. The van der Waals surface area contributed by atoms with Crippen molar-refractivity contribution in [3.63, 3.8) is 0 Å². The minimum absolute atomic E-state index is 0.0317. The fraction of sp³-hybridized carbons (Fsp3) is 0.538. The summed E-state index contributed by atoms with van der Waals surface area (Å²) in [5.41, 5.74) is 0.976. The van der Waals surface area contributed by atoms with Gasteiger partial charge in [0, 0.05) is 10.8 Å². The summed E-state index contributed by atoms with van der Waals surface area (Å²) in [6.45, 7) is 4.66. The SMILES string of the molecule is CCCCOc1ccc(C(C)C[N+](=O)[O-])cc1. The highest BCUT2D eigenvalue weighted by molar-refractivity contribution is 5.29. The first-order chi connectivity index (χ1) is 8.13. The van der Waals surface area contributed by atoms with Gasteiger partial charge in [0.25, 0.3) is 0 Å². The molecule has 0 amide bonds. The highest BCUT2D eigenvalue weighted by Crippen LogP contribution is 2.19. The van der Waals surface area contributed by atoms with E-state index in [2.05, 4.69) is 6.92 Å². The van der Waals surface area contributed by atoms with Crippen LogP contribution < -0.4 is 4.74 Å². The van der Waals surface area contributed by atoms with Gasteiger partial charge in [0.1, 0.15) is 5.75 Å². The summed E-state index contributed by atoms with van der Waals surface area (Å²) >= 11 is 0. The van der Waals surface area contributed by atoms with Gasteiger partial charge in [-0.2, -0.15) is 0 Å². The van der Waals surface area contributed by atoms with Crippen molar-refractivity contribution in [2.45, 2.75) is 32.6 Å². The molecular weight excluding hydrogens is 218 g/mol. The predicted molar refractivity (Wildman–Crippen MR) is 67.1 cm³/mol. The van der Waals surface area contributed by atoms with Crippen LogP contribution in [0.1, 0.15) is 38.2 Å². The van der Waals surface area contributed by atoms with Crippen LogP contribution in [0.4, 0.5) is 0 Å². The Morgan fingerprint density at radius 1 is 1.35 bits per heavy atom. The summed E-state index contributed by atoms with van der Waals surface area (Å²) in [5, 5.41) is 10.4. The average Bonchev–Trinajstić information content (AvgIpc) is 2.29. The predicted octanol–water partition coefficient (Wildman–Crippen LogP) is 3.25. The minimum Gasteiger partial charge on any atom is -0.494 e. The van der Waals surface area contributed by atoms with Gasteiger partial charge >= 0.3 is 0 Å². The van der Waals surface area contributed by atoms with Gasteiger partial charge in [-0.25, -0.2) is 0 Å². The molecule has 0 fully saturated rings. The number of nitro groups is 1. The number of benzene rings is 1. The monoisotopic (exact) mass is 237 g/mol. The topological polar surface area (TPSA) is 52.4 Å². The minimum atomic E-state index is -0.281. The number of hydrogen-bond acceptors (Lipinski definition) is 3. The van der Waals surface area contributed by atoms with E-state index in [0.717, 1.165) is 30.8 Å². The van der Waals surface area contributed by atoms with Gasteiger partial charge in [0.15, 0.2) is 0 Å². The second kappa shape index (κ2) is 6.89. The van der Waals surface area contributed by atoms with Crippen LogP contribution >= 0.6 is 0 Å². The molecule has 0 aliphatic carbocycles. The van der Waals surface area contributed by atoms with Gasteiger partial charge in [-0.3, -0.25) is 10.1 Å². The molecule has 0 spiro atoms. The molecule has 1 atom stereocenters. The Morgan fingerprint density at radius 2 is 2.00 bits per heavy atom. The zero-order valence-corrected chi connectivity index (χ0v) is 10.4. The standard InChI is InChI=1S/C13H19NO3/c1-3-4-9-17-13-7-5-12(6-8-13)11(2)10-14(15)16/h5-8,11H,3-4,9-10H2,1-2H3. The lowest BCUT2D eigenvalue weighted by Gasteiger charge is -2.09. The maximum atomic E-state index is 10.4. The number of nitrogens with zero attached hydrogens (tertiary/aromatic N) is 1. The van der Waals surface area contributed by atoms with E-state index >= 15 is 0 Å². The van der Waals surface area contributed by atoms with Gasteiger partial charge in [-0.05, 0) is 24.1 Å². The van der Waals surface area contributed by atoms with E-state index < -0.39 is 0 Å². The number of rotatable bonds is 7. The molecule has 1 aromatic rings. The van der Waals surface area contributed by atoms with Crippen molar-refractivity contribution < 1.29 is 9.66 Å². The van der Waals surface area contributed by atoms with Gasteiger partial charge in [-0.1, -0.05) is 32.4 Å². The lowest BCUT2D eigenvalue weighted by molar-refractivity contribution is -0.482. The molecule has 0 heterocycles. The quantitative estimate of drug-likeness (QED) is 0.415. The summed E-state index contributed by atoms with van der Waals surface area (Å²) in [7, 11) is 0. The van der Waals surface area contributed by atoms with Crippen molar-refractivity contribution >= 4 is 0 Å². The van der Waals surface area contributed by atoms with Crippen molar-refractivity contribution in [1.82, 2.24) is 0 Å². The summed E-state index contributed by atoms with van der Waals surface area (Å²) < 4.78 is 5.53. The fourth-order valence-corrected chi connectivity index (χ4v) is 1.56. The smallest absolute Gasteiger partial charge is 0.210 e. The van der Waals surface area contributed by atoms with Crippen molar-refractivity contribution in [2.75, 3.05) is 13.2 Å². The highest BCUT2D eigenvalue weighted by atomic mass is 16.6. The van der Waals surface area contributed by atoms with Gasteiger partial charge < -0.3 is 4.74 Å². The van der Waals surface area contributed by atoms with Crippen molar-refractivity contribution in [3.05, 3.63) is 39.9 Å². The first-order valence-electron chi connectivity index (χ1n) is 5.98. The second-order valence-corrected chi connectivity index (χ2v) is 4.19. The van der Waals surface area contributed by atoms with Crippen molar-refractivity contribution in [2.24, 2.45) is 0 Å². The Balaban J connectivity index is 2.52. The molecule has 0 N–H and O–H groups in total. The summed E-state index contributed by atoms with van der Waals surface area (Å²) in [4.78, 5) is 10.1.